The van der Waals surface area contributed by atoms with Gasteiger partial charge in [0.25, 0.3) is 0 Å². The highest BCUT2D eigenvalue weighted by molar-refractivity contribution is 5.92. The first-order valence-corrected chi connectivity index (χ1v) is 12.1. The lowest BCUT2D eigenvalue weighted by molar-refractivity contribution is -0.128. The molecule has 0 radical (unpaired) electrons. The number of rotatable bonds is 6. The Bertz CT molecular complexity index is 743. The Morgan fingerprint density at radius 3 is 2.19 bits per heavy atom. The van der Waals surface area contributed by atoms with Gasteiger partial charge < -0.3 is 15.5 Å². The third-order valence-electron chi connectivity index (χ3n) is 7.44. The van der Waals surface area contributed by atoms with Crippen LogP contribution < -0.4 is 15.5 Å². The van der Waals surface area contributed by atoms with Gasteiger partial charge in [-0.1, -0.05) is 25.7 Å². The quantitative estimate of drug-likeness (QED) is 0.727. The summed E-state index contributed by atoms with van der Waals surface area (Å²) in [4.78, 5) is 29.9. The summed E-state index contributed by atoms with van der Waals surface area (Å²) in [6.07, 6.45) is 11.2. The Morgan fingerprint density at radius 2 is 1.58 bits per heavy atom. The standard InChI is InChI=1S/C25H38N4O2/c1-28(2)21-13-11-19(12-14-21)26-24(30)17-29-22-9-6-10-23(29)16-20(15-22)27-25(31)18-7-4-3-5-8-18/h11-14,18,20,22-23H,3-10,15-17H2,1-2H3,(H,26,30)(H,27,31)/t22-,23-/m0/s1. The number of piperidine rings is 2. The first-order chi connectivity index (χ1) is 15.0. The maximum Gasteiger partial charge on any atom is 0.238 e. The molecule has 3 aliphatic rings. The fraction of sp³-hybridized carbons (Fsp3) is 0.680. The Labute approximate surface area is 186 Å². The third-order valence-corrected chi connectivity index (χ3v) is 7.44. The Kier molecular flexibility index (Phi) is 7.16. The van der Waals surface area contributed by atoms with Gasteiger partial charge in [-0.2, -0.15) is 0 Å². The van der Waals surface area contributed by atoms with Crippen LogP contribution in [0.25, 0.3) is 0 Å². The Balaban J connectivity index is 1.30. The molecule has 2 bridgehead atoms. The molecule has 2 heterocycles. The summed E-state index contributed by atoms with van der Waals surface area (Å²) < 4.78 is 0. The number of fused-ring (bicyclic) bond motifs is 2. The van der Waals surface area contributed by atoms with Gasteiger partial charge in [0.1, 0.15) is 0 Å². The van der Waals surface area contributed by atoms with Crippen LogP contribution in [0.3, 0.4) is 0 Å². The molecular formula is C25H38N4O2. The summed E-state index contributed by atoms with van der Waals surface area (Å²) in [5.41, 5.74) is 1.96. The number of nitrogens with zero attached hydrogens (tertiary/aromatic N) is 2. The van der Waals surface area contributed by atoms with Crippen LogP contribution in [0.4, 0.5) is 11.4 Å². The lowest BCUT2D eigenvalue weighted by Crippen LogP contribution is -2.58. The predicted octanol–water partition coefficient (Wildman–Crippen LogP) is 3.77. The number of nitrogens with one attached hydrogen (secondary N) is 2. The fourth-order valence-electron chi connectivity index (χ4n) is 5.75. The number of hydrogen-bond acceptors (Lipinski definition) is 4. The van der Waals surface area contributed by atoms with Crippen molar-refractivity contribution < 1.29 is 9.59 Å². The van der Waals surface area contributed by atoms with Crippen molar-refractivity contribution in [1.29, 1.82) is 0 Å². The van der Waals surface area contributed by atoms with E-state index in [1.807, 2.05) is 43.3 Å². The summed E-state index contributed by atoms with van der Waals surface area (Å²) >= 11 is 0. The second-order valence-electron chi connectivity index (χ2n) is 9.91. The molecule has 31 heavy (non-hydrogen) atoms. The molecule has 6 nitrogen and oxygen atoms in total. The number of amides is 2. The molecule has 0 unspecified atom stereocenters. The third kappa shape index (κ3) is 5.59. The van der Waals surface area contributed by atoms with Crippen molar-refractivity contribution in [3.05, 3.63) is 24.3 Å². The van der Waals surface area contributed by atoms with E-state index in [0.717, 1.165) is 49.9 Å². The maximum atomic E-state index is 12.8. The SMILES string of the molecule is CN(C)c1ccc(NC(=O)CN2[C@H]3CCC[C@H]2CC(NC(=O)C2CCCCC2)C3)cc1. The van der Waals surface area contributed by atoms with Gasteiger partial charge in [-0.3, -0.25) is 14.5 Å². The van der Waals surface area contributed by atoms with Crippen LogP contribution in [0.5, 0.6) is 0 Å². The first-order valence-electron chi connectivity index (χ1n) is 12.1. The predicted molar refractivity (Wildman–Crippen MR) is 125 cm³/mol. The lowest BCUT2D eigenvalue weighted by Gasteiger charge is -2.48. The zero-order valence-corrected chi connectivity index (χ0v) is 19.1. The number of carbonyl (C=O) groups excluding carboxylic acids is 2. The van der Waals surface area contributed by atoms with Gasteiger partial charge in [0, 0.05) is 49.5 Å². The van der Waals surface area contributed by atoms with Crippen LogP contribution in [0, 0.1) is 5.92 Å². The molecule has 1 aromatic rings. The molecule has 1 aromatic carbocycles. The van der Waals surface area contributed by atoms with Crippen LogP contribution in [-0.4, -0.2) is 55.5 Å². The van der Waals surface area contributed by atoms with E-state index in [0.29, 0.717) is 18.6 Å². The second kappa shape index (κ2) is 10.0. The van der Waals surface area contributed by atoms with Crippen LogP contribution >= 0.6 is 0 Å². The van der Waals surface area contributed by atoms with Crippen molar-refractivity contribution in [3.8, 4) is 0 Å². The molecule has 0 aromatic heterocycles. The average Bonchev–Trinajstić information content (AvgIpc) is 2.75. The van der Waals surface area contributed by atoms with Crippen molar-refractivity contribution in [2.45, 2.75) is 82.3 Å². The van der Waals surface area contributed by atoms with Gasteiger partial charge in [0.15, 0.2) is 0 Å². The second-order valence-corrected chi connectivity index (χ2v) is 9.91. The molecule has 0 spiro atoms. The van der Waals surface area contributed by atoms with E-state index in [2.05, 4.69) is 15.5 Å². The molecule has 2 amide bonds. The lowest BCUT2D eigenvalue weighted by atomic mass is 9.81. The smallest absolute Gasteiger partial charge is 0.238 e. The van der Waals surface area contributed by atoms with E-state index >= 15 is 0 Å². The molecule has 2 N–H and O–H groups in total. The fourth-order valence-corrected chi connectivity index (χ4v) is 5.75. The highest BCUT2D eigenvalue weighted by Crippen LogP contribution is 2.34. The van der Waals surface area contributed by atoms with Gasteiger partial charge >= 0.3 is 0 Å². The first kappa shape index (κ1) is 22.1. The molecule has 2 atom stereocenters. The summed E-state index contributed by atoms with van der Waals surface area (Å²) in [6.45, 7) is 0.439. The largest absolute Gasteiger partial charge is 0.378 e. The van der Waals surface area contributed by atoms with Crippen LogP contribution in [0.2, 0.25) is 0 Å². The molecule has 2 saturated heterocycles. The maximum absolute atomic E-state index is 12.8. The van der Waals surface area contributed by atoms with Crippen molar-refractivity contribution in [3.63, 3.8) is 0 Å². The average molecular weight is 427 g/mol. The number of benzene rings is 1. The van der Waals surface area contributed by atoms with Gasteiger partial charge in [0.05, 0.1) is 6.54 Å². The molecule has 2 aliphatic heterocycles. The zero-order chi connectivity index (χ0) is 21.8. The van der Waals surface area contributed by atoms with Crippen molar-refractivity contribution >= 4 is 23.2 Å². The zero-order valence-electron chi connectivity index (χ0n) is 19.1. The van der Waals surface area contributed by atoms with Crippen molar-refractivity contribution in [2.24, 2.45) is 5.92 Å². The highest BCUT2D eigenvalue weighted by atomic mass is 16.2. The van der Waals surface area contributed by atoms with Crippen LogP contribution in [0.15, 0.2) is 24.3 Å². The van der Waals surface area contributed by atoms with E-state index in [9.17, 15) is 9.59 Å². The minimum atomic E-state index is 0.0548. The van der Waals surface area contributed by atoms with Crippen molar-refractivity contribution in [1.82, 2.24) is 10.2 Å². The molecule has 3 fully saturated rings. The number of carbonyl (C=O) groups is 2. The molecule has 170 valence electrons. The minimum Gasteiger partial charge on any atom is -0.378 e. The topological polar surface area (TPSA) is 64.7 Å². The van der Waals surface area contributed by atoms with E-state index in [-0.39, 0.29) is 23.8 Å². The molecular weight excluding hydrogens is 388 g/mol. The van der Waals surface area contributed by atoms with E-state index in [4.69, 9.17) is 0 Å². The summed E-state index contributed by atoms with van der Waals surface area (Å²) in [6, 6.07) is 9.01. The minimum absolute atomic E-state index is 0.0548. The van der Waals surface area contributed by atoms with Gasteiger partial charge in [-0.25, -0.2) is 0 Å². The summed E-state index contributed by atoms with van der Waals surface area (Å²) in [5.74, 6) is 0.547. The van der Waals surface area contributed by atoms with E-state index in [1.165, 1.54) is 25.7 Å². The van der Waals surface area contributed by atoms with Crippen LogP contribution in [-0.2, 0) is 9.59 Å². The number of hydrogen-bond donors (Lipinski definition) is 2. The number of anilines is 2. The van der Waals surface area contributed by atoms with Gasteiger partial charge in [-0.05, 0) is 62.8 Å². The summed E-state index contributed by atoms with van der Waals surface area (Å²) in [7, 11) is 4.01. The van der Waals surface area contributed by atoms with Crippen LogP contribution in [0.1, 0.15) is 64.2 Å². The van der Waals surface area contributed by atoms with Gasteiger partial charge in [0.2, 0.25) is 11.8 Å². The Hall–Kier alpha value is -2.08. The molecule has 6 heteroatoms. The molecule has 4 rings (SSSR count). The van der Waals surface area contributed by atoms with Crippen molar-refractivity contribution in [2.75, 3.05) is 30.9 Å². The highest BCUT2D eigenvalue weighted by Gasteiger charge is 2.40. The van der Waals surface area contributed by atoms with Gasteiger partial charge in [-0.15, -0.1) is 0 Å². The summed E-state index contributed by atoms with van der Waals surface area (Å²) in [5, 5.41) is 6.44. The van der Waals surface area contributed by atoms with E-state index < -0.39 is 0 Å². The molecule has 1 saturated carbocycles. The monoisotopic (exact) mass is 426 g/mol. The Morgan fingerprint density at radius 1 is 0.935 bits per heavy atom. The normalized spacial score (nSPS) is 26.8. The molecule has 1 aliphatic carbocycles. The van der Waals surface area contributed by atoms with E-state index in [1.54, 1.807) is 0 Å².